The van der Waals surface area contributed by atoms with Gasteiger partial charge in [0.15, 0.2) is 18.0 Å². The van der Waals surface area contributed by atoms with Gasteiger partial charge in [-0.15, -0.1) is 0 Å². The Morgan fingerprint density at radius 2 is 1.96 bits per heavy atom. The van der Waals surface area contributed by atoms with E-state index < -0.39 is 0 Å². The van der Waals surface area contributed by atoms with E-state index in [1.807, 2.05) is 48.5 Å². The van der Waals surface area contributed by atoms with Crippen molar-refractivity contribution >= 4 is 12.1 Å². The summed E-state index contributed by atoms with van der Waals surface area (Å²) in [7, 11) is 1.60. The van der Waals surface area contributed by atoms with Gasteiger partial charge in [0.2, 0.25) is 0 Å². The van der Waals surface area contributed by atoms with Crippen LogP contribution in [0.3, 0.4) is 0 Å². The zero-order valence-electron chi connectivity index (χ0n) is 16.0. The maximum absolute atomic E-state index is 12.0. The number of hydrogen-bond donors (Lipinski definition) is 2. The van der Waals surface area contributed by atoms with Crippen LogP contribution in [0.2, 0.25) is 0 Å². The highest BCUT2D eigenvalue weighted by molar-refractivity contribution is 5.83. The summed E-state index contributed by atoms with van der Waals surface area (Å²) in [4.78, 5) is 13.2. The van der Waals surface area contributed by atoms with Crippen molar-refractivity contribution in [2.75, 3.05) is 40.0 Å². The molecule has 0 aromatic heterocycles. The number of methoxy groups -OCH3 is 1. The number of carbonyl (C=O) groups excluding carboxylic acids is 1. The molecule has 0 aliphatic carbocycles. The van der Waals surface area contributed by atoms with Crippen molar-refractivity contribution in [3.63, 3.8) is 0 Å². The van der Waals surface area contributed by atoms with Crippen LogP contribution in [0.4, 0.5) is 0 Å². The van der Waals surface area contributed by atoms with Crippen LogP contribution in [0.15, 0.2) is 53.6 Å². The molecule has 7 nitrogen and oxygen atoms in total. The molecule has 28 heavy (non-hydrogen) atoms. The smallest absolute Gasteiger partial charge is 0.295 e. The second-order valence-corrected chi connectivity index (χ2v) is 6.52. The lowest BCUT2D eigenvalue weighted by Crippen LogP contribution is -3.15. The van der Waals surface area contributed by atoms with Crippen LogP contribution >= 0.6 is 0 Å². The number of quaternary nitrogens is 1. The number of benzene rings is 2. The quantitative estimate of drug-likeness (QED) is 0.518. The highest BCUT2D eigenvalue weighted by Crippen LogP contribution is 2.28. The van der Waals surface area contributed by atoms with Gasteiger partial charge in [-0.2, -0.15) is 5.10 Å². The Bertz CT molecular complexity index is 789. The van der Waals surface area contributed by atoms with Crippen molar-refractivity contribution in [1.29, 1.82) is 0 Å². The predicted molar refractivity (Wildman–Crippen MR) is 106 cm³/mol. The number of ether oxygens (including phenoxy) is 3. The minimum Gasteiger partial charge on any atom is -0.493 e. The monoisotopic (exact) mass is 384 g/mol. The van der Waals surface area contributed by atoms with Crippen LogP contribution in [0, 0.1) is 0 Å². The molecule has 1 saturated heterocycles. The third-order valence-corrected chi connectivity index (χ3v) is 4.44. The Morgan fingerprint density at radius 3 is 2.71 bits per heavy atom. The van der Waals surface area contributed by atoms with Gasteiger partial charge in [-0.3, -0.25) is 4.79 Å². The fraction of sp³-hybridized carbons (Fsp3) is 0.333. The largest absolute Gasteiger partial charge is 0.493 e. The molecule has 0 spiro atoms. The molecule has 7 heteroatoms. The average molecular weight is 384 g/mol. The highest BCUT2D eigenvalue weighted by atomic mass is 16.5. The fourth-order valence-electron chi connectivity index (χ4n) is 2.90. The molecular formula is C21H26N3O4+. The Morgan fingerprint density at radius 1 is 1.18 bits per heavy atom. The second kappa shape index (κ2) is 10.4. The van der Waals surface area contributed by atoms with Crippen LogP contribution < -0.4 is 19.8 Å². The van der Waals surface area contributed by atoms with Crippen molar-refractivity contribution in [1.82, 2.24) is 5.43 Å². The third-order valence-electron chi connectivity index (χ3n) is 4.44. The molecule has 0 saturated carbocycles. The summed E-state index contributed by atoms with van der Waals surface area (Å²) >= 11 is 0. The molecule has 0 unspecified atom stereocenters. The van der Waals surface area contributed by atoms with Crippen LogP contribution in [0.5, 0.6) is 11.5 Å². The summed E-state index contributed by atoms with van der Waals surface area (Å²) in [5.74, 6) is 1.16. The molecule has 1 aliphatic rings. The minimum absolute atomic E-state index is 0.108. The molecule has 3 rings (SSSR count). The molecule has 2 N–H and O–H groups in total. The summed E-state index contributed by atoms with van der Waals surface area (Å²) in [5, 5.41) is 4.04. The van der Waals surface area contributed by atoms with Gasteiger partial charge in [0.05, 0.1) is 26.5 Å². The number of morpholine rings is 1. The Kier molecular flexibility index (Phi) is 7.40. The van der Waals surface area contributed by atoms with Crippen LogP contribution in [0.1, 0.15) is 11.1 Å². The normalized spacial score (nSPS) is 14.8. The topological polar surface area (TPSA) is 73.6 Å². The first-order chi connectivity index (χ1) is 13.7. The van der Waals surface area contributed by atoms with E-state index in [9.17, 15) is 4.79 Å². The van der Waals surface area contributed by atoms with E-state index in [1.54, 1.807) is 13.3 Å². The summed E-state index contributed by atoms with van der Waals surface area (Å²) in [6.07, 6.45) is 1.59. The molecule has 1 amide bonds. The number of amides is 1. The number of nitrogens with zero attached hydrogens (tertiary/aromatic N) is 1. The summed E-state index contributed by atoms with van der Waals surface area (Å²) in [6.45, 7) is 3.95. The van der Waals surface area contributed by atoms with E-state index in [1.165, 1.54) is 4.90 Å². The van der Waals surface area contributed by atoms with Gasteiger partial charge in [-0.25, -0.2) is 5.43 Å². The van der Waals surface area contributed by atoms with Crippen molar-refractivity contribution in [3.05, 3.63) is 59.7 Å². The van der Waals surface area contributed by atoms with Crippen molar-refractivity contribution < 1.29 is 23.9 Å². The van der Waals surface area contributed by atoms with Gasteiger partial charge in [0.1, 0.15) is 19.7 Å². The van der Waals surface area contributed by atoms with Gasteiger partial charge in [0.25, 0.3) is 5.91 Å². The first-order valence-corrected chi connectivity index (χ1v) is 9.32. The van der Waals surface area contributed by atoms with E-state index in [-0.39, 0.29) is 5.91 Å². The van der Waals surface area contributed by atoms with E-state index in [0.29, 0.717) is 37.9 Å². The third kappa shape index (κ3) is 6.07. The molecule has 2 aromatic carbocycles. The molecule has 0 bridgehead atoms. The van der Waals surface area contributed by atoms with Crippen LogP contribution in [-0.4, -0.2) is 52.1 Å². The average Bonchev–Trinajstić information content (AvgIpc) is 2.74. The Balaban J connectivity index is 1.52. The van der Waals surface area contributed by atoms with Crippen LogP contribution in [0.25, 0.3) is 0 Å². The summed E-state index contributed by atoms with van der Waals surface area (Å²) in [6, 6.07) is 15.5. The number of nitrogens with one attached hydrogen (secondary N) is 2. The molecule has 1 aliphatic heterocycles. The Hall–Kier alpha value is -2.90. The lowest BCUT2D eigenvalue weighted by molar-refractivity contribution is -0.900. The van der Waals surface area contributed by atoms with Crippen molar-refractivity contribution in [2.45, 2.75) is 6.61 Å². The molecule has 0 atom stereocenters. The van der Waals surface area contributed by atoms with Crippen molar-refractivity contribution in [3.8, 4) is 11.5 Å². The Labute approximate surface area is 164 Å². The number of hydrazone groups is 1. The van der Waals surface area contributed by atoms with Gasteiger partial charge in [-0.1, -0.05) is 30.3 Å². The maximum Gasteiger partial charge on any atom is 0.295 e. The fourth-order valence-corrected chi connectivity index (χ4v) is 2.90. The first kappa shape index (κ1) is 19.9. The molecular weight excluding hydrogens is 358 g/mol. The minimum atomic E-state index is -0.108. The second-order valence-electron chi connectivity index (χ2n) is 6.52. The standard InChI is InChI=1S/C21H25N3O4/c1-26-20-13-18(7-8-19(20)28-16-17-5-3-2-4-6-17)14-22-23-21(25)15-24-9-11-27-12-10-24/h2-8,13-14H,9-12,15-16H2,1H3,(H,23,25)/p+1. The van der Waals surface area contributed by atoms with Crippen molar-refractivity contribution in [2.24, 2.45) is 5.10 Å². The first-order valence-electron chi connectivity index (χ1n) is 9.32. The lowest BCUT2D eigenvalue weighted by Gasteiger charge is -2.22. The summed E-state index contributed by atoms with van der Waals surface area (Å²) in [5.41, 5.74) is 4.47. The van der Waals surface area contributed by atoms with E-state index in [4.69, 9.17) is 14.2 Å². The van der Waals surface area contributed by atoms with Crippen LogP contribution in [-0.2, 0) is 16.1 Å². The maximum atomic E-state index is 12.0. The van der Waals surface area contributed by atoms with E-state index >= 15 is 0 Å². The highest BCUT2D eigenvalue weighted by Gasteiger charge is 2.17. The lowest BCUT2D eigenvalue weighted by atomic mass is 10.2. The SMILES string of the molecule is COc1cc(C=NNC(=O)C[NH+]2CCOCC2)ccc1OCc1ccccc1. The molecule has 148 valence electrons. The van der Waals surface area contributed by atoms with Gasteiger partial charge < -0.3 is 19.1 Å². The number of hydrogen-bond acceptors (Lipinski definition) is 5. The molecule has 2 aromatic rings. The van der Waals surface area contributed by atoms with Gasteiger partial charge in [0, 0.05) is 0 Å². The number of carbonyl (C=O) groups is 1. The molecule has 1 fully saturated rings. The molecule has 0 radical (unpaired) electrons. The molecule has 1 heterocycles. The summed E-state index contributed by atoms with van der Waals surface area (Å²) < 4.78 is 16.5. The van der Waals surface area contributed by atoms with E-state index in [2.05, 4.69) is 10.5 Å². The van der Waals surface area contributed by atoms with E-state index in [0.717, 1.165) is 24.2 Å². The zero-order valence-corrected chi connectivity index (χ0v) is 16.0. The van der Waals surface area contributed by atoms with Gasteiger partial charge in [-0.05, 0) is 29.3 Å². The number of rotatable bonds is 8. The zero-order chi connectivity index (χ0) is 19.6. The predicted octanol–water partition coefficient (Wildman–Crippen LogP) is 0.639. The van der Waals surface area contributed by atoms with Gasteiger partial charge >= 0.3 is 0 Å².